The molecule has 2 heterocycles. The quantitative estimate of drug-likeness (QED) is 0.640. The van der Waals surface area contributed by atoms with Crippen molar-refractivity contribution < 1.29 is 19.0 Å². The van der Waals surface area contributed by atoms with E-state index >= 15 is 0 Å². The number of fused-ring (bicyclic) bond motifs is 1. The molecule has 0 radical (unpaired) electrons. The molecule has 0 saturated carbocycles. The Balaban J connectivity index is 1.49. The molecule has 4 rings (SSSR count). The molecule has 1 amide bonds. The van der Waals surface area contributed by atoms with Gasteiger partial charge >= 0.3 is 0 Å². The lowest BCUT2D eigenvalue weighted by atomic mass is 9.81. The third-order valence-electron chi connectivity index (χ3n) is 6.84. The first-order chi connectivity index (χ1) is 15.9. The number of hydrogen-bond acceptors (Lipinski definition) is 6. The van der Waals surface area contributed by atoms with Gasteiger partial charge in [-0.1, -0.05) is 12.2 Å². The van der Waals surface area contributed by atoms with Crippen LogP contribution in [-0.2, 0) is 14.3 Å². The van der Waals surface area contributed by atoms with Crippen LogP contribution in [0, 0.1) is 19.8 Å². The topological polar surface area (TPSA) is 63.3 Å². The second kappa shape index (κ2) is 9.81. The molecule has 1 aliphatic carbocycles. The SMILES string of the molecule is COC1(OC)C=CC=C2C=C(c3cc(C)c(OCCN4CCN(C)CC4)c(C)c3)NC(=O)C21. The molecule has 3 aliphatic rings. The molecule has 1 unspecified atom stereocenters. The Hall–Kier alpha value is -2.45. The van der Waals surface area contributed by atoms with E-state index in [2.05, 4.69) is 48.1 Å². The van der Waals surface area contributed by atoms with E-state index in [0.717, 1.165) is 66.4 Å². The van der Waals surface area contributed by atoms with Gasteiger partial charge in [0.25, 0.3) is 0 Å². The summed E-state index contributed by atoms with van der Waals surface area (Å²) in [4.78, 5) is 17.9. The first-order valence-corrected chi connectivity index (χ1v) is 11.5. The molecule has 7 nitrogen and oxygen atoms in total. The van der Waals surface area contributed by atoms with E-state index in [4.69, 9.17) is 14.2 Å². The molecule has 0 bridgehead atoms. The minimum absolute atomic E-state index is 0.144. The Morgan fingerprint density at radius 1 is 1.09 bits per heavy atom. The number of nitrogens with one attached hydrogen (secondary N) is 1. The summed E-state index contributed by atoms with van der Waals surface area (Å²) in [6.45, 7) is 10.1. The van der Waals surface area contributed by atoms with Crippen LogP contribution in [-0.4, -0.2) is 82.1 Å². The summed E-state index contributed by atoms with van der Waals surface area (Å²) >= 11 is 0. The number of benzene rings is 1. The van der Waals surface area contributed by atoms with Gasteiger partial charge in [0, 0.05) is 52.6 Å². The van der Waals surface area contributed by atoms with E-state index in [1.54, 1.807) is 20.3 Å². The monoisotopic (exact) mass is 453 g/mol. The number of ether oxygens (including phenoxy) is 3. The number of hydrogen-bond donors (Lipinski definition) is 1. The van der Waals surface area contributed by atoms with Crippen LogP contribution in [0.5, 0.6) is 5.75 Å². The molecule has 33 heavy (non-hydrogen) atoms. The lowest BCUT2D eigenvalue weighted by molar-refractivity contribution is -0.198. The molecule has 7 heteroatoms. The van der Waals surface area contributed by atoms with Gasteiger partial charge in [0.15, 0.2) is 0 Å². The van der Waals surface area contributed by atoms with Gasteiger partial charge in [-0.05, 0) is 67.4 Å². The number of rotatable bonds is 7. The largest absolute Gasteiger partial charge is 0.492 e. The second-order valence-corrected chi connectivity index (χ2v) is 9.07. The number of likely N-dealkylation sites (N-methyl/N-ethyl adjacent to an activating group) is 1. The highest BCUT2D eigenvalue weighted by Gasteiger charge is 2.47. The highest BCUT2D eigenvalue weighted by atomic mass is 16.7. The fraction of sp³-hybridized carbons (Fsp3) is 0.500. The minimum atomic E-state index is -1.09. The molecule has 178 valence electrons. The van der Waals surface area contributed by atoms with Crippen molar-refractivity contribution in [1.29, 1.82) is 0 Å². The highest BCUT2D eigenvalue weighted by molar-refractivity contribution is 5.96. The fourth-order valence-electron chi connectivity index (χ4n) is 4.88. The Morgan fingerprint density at radius 2 is 1.76 bits per heavy atom. The van der Waals surface area contributed by atoms with Gasteiger partial charge in [-0.25, -0.2) is 0 Å². The smallest absolute Gasteiger partial charge is 0.237 e. The molecule has 1 aromatic rings. The molecular weight excluding hydrogens is 418 g/mol. The van der Waals surface area contributed by atoms with Gasteiger partial charge in [0.2, 0.25) is 11.7 Å². The van der Waals surface area contributed by atoms with Crippen LogP contribution < -0.4 is 10.1 Å². The molecule has 0 spiro atoms. The van der Waals surface area contributed by atoms with Crippen molar-refractivity contribution in [2.75, 3.05) is 60.6 Å². The number of piperazine rings is 1. The molecule has 1 aromatic carbocycles. The van der Waals surface area contributed by atoms with Crippen molar-refractivity contribution in [2.45, 2.75) is 19.6 Å². The first-order valence-electron chi connectivity index (χ1n) is 11.5. The normalized spacial score (nSPS) is 22.9. The van der Waals surface area contributed by atoms with Crippen LogP contribution in [0.2, 0.25) is 0 Å². The van der Waals surface area contributed by atoms with E-state index < -0.39 is 11.7 Å². The summed E-state index contributed by atoms with van der Waals surface area (Å²) in [5, 5.41) is 3.05. The first kappa shape index (κ1) is 23.7. The number of carbonyl (C=O) groups excluding carboxylic acids is 1. The maximum absolute atomic E-state index is 13.1. The van der Waals surface area contributed by atoms with E-state index in [-0.39, 0.29) is 5.91 Å². The predicted octanol–water partition coefficient (Wildman–Crippen LogP) is 2.50. The number of allylic oxidation sites excluding steroid dienone is 3. The van der Waals surface area contributed by atoms with Crippen molar-refractivity contribution in [2.24, 2.45) is 5.92 Å². The second-order valence-electron chi connectivity index (χ2n) is 9.07. The summed E-state index contributed by atoms with van der Waals surface area (Å²) in [6, 6.07) is 4.15. The molecule has 1 atom stereocenters. The van der Waals surface area contributed by atoms with Crippen LogP contribution in [0.3, 0.4) is 0 Å². The zero-order chi connectivity index (χ0) is 23.6. The van der Waals surface area contributed by atoms with Gasteiger partial charge in [0.1, 0.15) is 18.3 Å². The summed E-state index contributed by atoms with van der Waals surface area (Å²) in [5.41, 5.74) is 4.71. The zero-order valence-electron chi connectivity index (χ0n) is 20.3. The van der Waals surface area contributed by atoms with E-state index in [9.17, 15) is 4.79 Å². The lowest BCUT2D eigenvalue weighted by Crippen LogP contribution is -2.51. The van der Waals surface area contributed by atoms with Crippen LogP contribution in [0.15, 0.2) is 42.0 Å². The summed E-state index contributed by atoms with van der Waals surface area (Å²) in [5.74, 6) is -0.870. The average molecular weight is 454 g/mol. The van der Waals surface area contributed by atoms with Gasteiger partial charge in [-0.2, -0.15) is 0 Å². The van der Waals surface area contributed by atoms with Crippen molar-refractivity contribution in [1.82, 2.24) is 15.1 Å². The van der Waals surface area contributed by atoms with Gasteiger partial charge in [-0.3, -0.25) is 9.69 Å². The number of amides is 1. The summed E-state index contributed by atoms with van der Waals surface area (Å²) in [6.07, 6.45) is 7.60. The van der Waals surface area contributed by atoms with E-state index in [1.807, 2.05) is 18.2 Å². The van der Waals surface area contributed by atoms with Crippen molar-refractivity contribution in [3.05, 3.63) is 58.7 Å². The highest BCUT2D eigenvalue weighted by Crippen LogP contribution is 2.39. The Bertz CT molecular complexity index is 962. The maximum atomic E-state index is 13.1. The summed E-state index contributed by atoms with van der Waals surface area (Å²) < 4.78 is 17.4. The van der Waals surface area contributed by atoms with Crippen LogP contribution in [0.25, 0.3) is 5.70 Å². The average Bonchev–Trinajstić information content (AvgIpc) is 2.81. The van der Waals surface area contributed by atoms with Gasteiger partial charge in [-0.15, -0.1) is 0 Å². The van der Waals surface area contributed by atoms with Gasteiger partial charge < -0.3 is 24.4 Å². The number of carbonyl (C=O) groups is 1. The predicted molar refractivity (Wildman–Crippen MR) is 129 cm³/mol. The fourth-order valence-corrected chi connectivity index (χ4v) is 4.88. The maximum Gasteiger partial charge on any atom is 0.237 e. The zero-order valence-corrected chi connectivity index (χ0v) is 20.3. The van der Waals surface area contributed by atoms with Crippen molar-refractivity contribution >= 4 is 11.6 Å². The number of aryl methyl sites for hydroxylation is 2. The van der Waals surface area contributed by atoms with Gasteiger partial charge in [0.05, 0.1) is 0 Å². The van der Waals surface area contributed by atoms with E-state index in [1.165, 1.54) is 0 Å². The van der Waals surface area contributed by atoms with Crippen LogP contribution in [0.1, 0.15) is 16.7 Å². The third-order valence-corrected chi connectivity index (χ3v) is 6.84. The molecule has 2 aliphatic heterocycles. The van der Waals surface area contributed by atoms with Crippen LogP contribution in [0.4, 0.5) is 0 Å². The number of nitrogens with zero attached hydrogens (tertiary/aromatic N) is 2. The third kappa shape index (κ3) is 4.77. The molecule has 0 aromatic heterocycles. The lowest BCUT2D eigenvalue weighted by Gasteiger charge is -2.39. The molecular formula is C26H35N3O4. The molecule has 1 saturated heterocycles. The van der Waals surface area contributed by atoms with Crippen molar-refractivity contribution in [3.63, 3.8) is 0 Å². The number of methoxy groups -OCH3 is 2. The Morgan fingerprint density at radius 3 is 2.39 bits per heavy atom. The minimum Gasteiger partial charge on any atom is -0.492 e. The molecule has 1 N–H and O–H groups in total. The van der Waals surface area contributed by atoms with Crippen molar-refractivity contribution in [3.8, 4) is 5.75 Å². The van der Waals surface area contributed by atoms with Crippen LogP contribution >= 0.6 is 0 Å². The summed E-state index contributed by atoms with van der Waals surface area (Å²) in [7, 11) is 5.27. The Kier molecular flexibility index (Phi) is 7.05. The van der Waals surface area contributed by atoms with E-state index in [0.29, 0.717) is 6.61 Å². The standard InChI is InChI=1S/C26H35N3O4/c1-18-15-21(16-19(2)24(18)33-14-13-29-11-9-28(3)10-12-29)22-17-20-7-6-8-26(31-4,32-5)23(20)25(30)27-22/h6-8,15-17,23H,9-14H2,1-5H3,(H,27,30). The Labute approximate surface area is 196 Å². The molecule has 1 fully saturated rings.